The first-order valence-corrected chi connectivity index (χ1v) is 13.8. The molecule has 2 fully saturated rings. The number of hydrogen-bond donors (Lipinski definition) is 1. The van der Waals surface area contributed by atoms with Gasteiger partial charge in [0.1, 0.15) is 11.7 Å². The van der Waals surface area contributed by atoms with Crippen molar-refractivity contribution in [3.8, 4) is 11.9 Å². The Labute approximate surface area is 232 Å². The molecular formula is C26H38IN3O7. The first-order valence-electron chi connectivity index (χ1n) is 12.6. The number of nitrogens with one attached hydrogen (secondary N) is 1. The Balaban J connectivity index is 1.84. The van der Waals surface area contributed by atoms with E-state index in [1.165, 1.54) is 7.11 Å². The number of esters is 2. The number of rotatable bonds is 8. The van der Waals surface area contributed by atoms with Crippen LogP contribution in [0.4, 0.5) is 0 Å². The van der Waals surface area contributed by atoms with Gasteiger partial charge in [0.25, 0.3) is 0 Å². The average Bonchev–Trinajstić information content (AvgIpc) is 3.23. The van der Waals surface area contributed by atoms with Crippen LogP contribution in [-0.4, -0.2) is 62.7 Å². The van der Waals surface area contributed by atoms with Gasteiger partial charge in [-0.05, 0) is 47.0 Å². The third-order valence-electron chi connectivity index (χ3n) is 6.35. The van der Waals surface area contributed by atoms with Crippen molar-refractivity contribution in [2.75, 3.05) is 13.7 Å². The van der Waals surface area contributed by atoms with Crippen LogP contribution in [0.2, 0.25) is 0 Å². The molecule has 1 aromatic rings. The molecule has 0 saturated heterocycles. The number of nitrogens with zero attached hydrogens (tertiary/aromatic N) is 2. The van der Waals surface area contributed by atoms with E-state index in [1.54, 1.807) is 33.8 Å². The highest BCUT2D eigenvalue weighted by Crippen LogP contribution is 2.45. The number of aromatic nitrogens is 2. The third-order valence-corrected chi connectivity index (χ3v) is 7.85. The zero-order valence-electron chi connectivity index (χ0n) is 22.8. The van der Waals surface area contributed by atoms with Gasteiger partial charge >= 0.3 is 17.9 Å². The van der Waals surface area contributed by atoms with Gasteiger partial charge in [-0.3, -0.25) is 9.59 Å². The highest BCUT2D eigenvalue weighted by atomic mass is 127. The smallest absolute Gasteiger partial charge is 0.332 e. The fourth-order valence-corrected chi connectivity index (χ4v) is 5.42. The van der Waals surface area contributed by atoms with Crippen LogP contribution in [0.25, 0.3) is 0 Å². The summed E-state index contributed by atoms with van der Waals surface area (Å²) in [4.78, 5) is 48.0. The Morgan fingerprint density at radius 3 is 2.24 bits per heavy atom. The molecule has 0 aromatic carbocycles. The number of halogens is 1. The summed E-state index contributed by atoms with van der Waals surface area (Å²) < 4.78 is 22.2. The van der Waals surface area contributed by atoms with Crippen molar-refractivity contribution in [2.45, 2.75) is 94.3 Å². The number of ether oxygens (including phenoxy) is 4. The summed E-state index contributed by atoms with van der Waals surface area (Å²) in [6, 6.07) is 1.93. The summed E-state index contributed by atoms with van der Waals surface area (Å²) in [6.07, 6.45) is 0.536. The minimum atomic E-state index is -1.06. The number of methoxy groups -OCH3 is 1. The van der Waals surface area contributed by atoms with E-state index in [-0.39, 0.29) is 40.7 Å². The van der Waals surface area contributed by atoms with Crippen LogP contribution in [0.3, 0.4) is 0 Å². The SMILES string of the molecule is CCOC(=O)[C@@]1(NC(=O)[C@@H]2C[C@@H](Oc3cc(C(C)(C)C)nc(OC)n3)C[C@H]2C(=O)OC(C)(C)C)C[C@H]1I. The van der Waals surface area contributed by atoms with Crippen LogP contribution in [0.15, 0.2) is 6.07 Å². The molecule has 0 bridgehead atoms. The summed E-state index contributed by atoms with van der Waals surface area (Å²) in [6.45, 7) is 13.3. The molecule has 1 aromatic heterocycles. The normalized spacial score (nSPS) is 27.3. The maximum Gasteiger partial charge on any atom is 0.332 e. The van der Waals surface area contributed by atoms with Gasteiger partial charge in [-0.2, -0.15) is 9.97 Å². The molecule has 3 rings (SSSR count). The van der Waals surface area contributed by atoms with E-state index < -0.39 is 41.0 Å². The lowest BCUT2D eigenvalue weighted by Gasteiger charge is -2.25. The minimum absolute atomic E-state index is 0.0779. The summed E-state index contributed by atoms with van der Waals surface area (Å²) >= 11 is 2.13. The van der Waals surface area contributed by atoms with Crippen molar-refractivity contribution < 1.29 is 33.3 Å². The number of carbonyl (C=O) groups is 3. The molecule has 10 nitrogen and oxygen atoms in total. The molecule has 2 aliphatic rings. The molecule has 206 valence electrons. The van der Waals surface area contributed by atoms with E-state index >= 15 is 0 Å². The van der Waals surface area contributed by atoms with Crippen LogP contribution < -0.4 is 14.8 Å². The molecule has 2 saturated carbocycles. The maximum absolute atomic E-state index is 13.5. The highest BCUT2D eigenvalue weighted by Gasteiger charge is 2.62. The van der Waals surface area contributed by atoms with Crippen molar-refractivity contribution in [1.82, 2.24) is 15.3 Å². The second-order valence-electron chi connectivity index (χ2n) is 11.6. The van der Waals surface area contributed by atoms with Gasteiger partial charge in [0.15, 0.2) is 5.54 Å². The number of hydrogen-bond acceptors (Lipinski definition) is 9. The summed E-state index contributed by atoms with van der Waals surface area (Å²) in [5.41, 5.74) is -1.31. The zero-order valence-corrected chi connectivity index (χ0v) is 25.0. The molecule has 2 aliphatic carbocycles. The Morgan fingerprint density at radius 2 is 1.73 bits per heavy atom. The quantitative estimate of drug-likeness (QED) is 0.261. The fraction of sp³-hybridized carbons (Fsp3) is 0.731. The van der Waals surface area contributed by atoms with Gasteiger partial charge in [-0.1, -0.05) is 43.4 Å². The Bertz CT molecular complexity index is 1040. The maximum atomic E-state index is 13.5. The topological polar surface area (TPSA) is 126 Å². The first kappa shape index (κ1) is 29.4. The van der Waals surface area contributed by atoms with Gasteiger partial charge in [0.05, 0.1) is 31.2 Å². The lowest BCUT2D eigenvalue weighted by Crippen LogP contribution is -2.49. The average molecular weight is 632 g/mol. The lowest BCUT2D eigenvalue weighted by molar-refractivity contribution is -0.163. The van der Waals surface area contributed by atoms with Crippen LogP contribution in [0.1, 0.15) is 73.4 Å². The first-order chi connectivity index (χ1) is 17.1. The van der Waals surface area contributed by atoms with Gasteiger partial charge in [-0.15, -0.1) is 0 Å². The van der Waals surface area contributed by atoms with Crippen LogP contribution >= 0.6 is 22.6 Å². The molecule has 37 heavy (non-hydrogen) atoms. The largest absolute Gasteiger partial charge is 0.474 e. The molecule has 1 heterocycles. The molecule has 1 N–H and O–H groups in total. The molecular weight excluding hydrogens is 593 g/mol. The van der Waals surface area contributed by atoms with E-state index in [1.807, 2.05) is 20.8 Å². The zero-order chi connectivity index (χ0) is 27.8. The van der Waals surface area contributed by atoms with Crippen LogP contribution in [-0.2, 0) is 29.3 Å². The third kappa shape index (κ3) is 7.02. The summed E-state index contributed by atoms with van der Waals surface area (Å²) in [5, 5.41) is 2.89. The Morgan fingerprint density at radius 1 is 1.11 bits per heavy atom. The second-order valence-corrected chi connectivity index (χ2v) is 13.1. The molecule has 11 heteroatoms. The van der Waals surface area contributed by atoms with Gasteiger partial charge in [0, 0.05) is 15.4 Å². The van der Waals surface area contributed by atoms with E-state index in [0.717, 1.165) is 5.69 Å². The monoisotopic (exact) mass is 631 g/mol. The van der Waals surface area contributed by atoms with Crippen molar-refractivity contribution in [3.05, 3.63) is 11.8 Å². The minimum Gasteiger partial charge on any atom is -0.474 e. The van der Waals surface area contributed by atoms with Crippen molar-refractivity contribution in [1.29, 1.82) is 0 Å². The van der Waals surface area contributed by atoms with Gasteiger partial charge in [0.2, 0.25) is 11.8 Å². The van der Waals surface area contributed by atoms with E-state index in [2.05, 4.69) is 37.9 Å². The molecule has 0 aliphatic heterocycles. The number of alkyl halides is 1. The van der Waals surface area contributed by atoms with Crippen molar-refractivity contribution in [2.24, 2.45) is 11.8 Å². The van der Waals surface area contributed by atoms with E-state index in [9.17, 15) is 14.4 Å². The second kappa shape index (κ2) is 10.9. The van der Waals surface area contributed by atoms with Crippen molar-refractivity contribution >= 4 is 40.4 Å². The summed E-state index contributed by atoms with van der Waals surface area (Å²) in [5.74, 6) is -2.47. The predicted molar refractivity (Wildman–Crippen MR) is 144 cm³/mol. The molecule has 0 radical (unpaired) electrons. The predicted octanol–water partition coefficient (Wildman–Crippen LogP) is 3.52. The molecule has 0 unspecified atom stereocenters. The molecule has 0 spiro atoms. The number of carbonyl (C=O) groups excluding carboxylic acids is 3. The number of amides is 1. The van der Waals surface area contributed by atoms with Crippen LogP contribution in [0.5, 0.6) is 11.9 Å². The van der Waals surface area contributed by atoms with Gasteiger partial charge in [-0.25, -0.2) is 4.79 Å². The standard InChI is InChI=1S/C26H38IN3O7/c1-9-35-22(33)26(13-17(26)27)30-20(31)15-10-14(11-16(15)21(32)37-25(5,6)7)36-19-12-18(24(2,3)4)28-23(29-19)34-8/h12,14-17H,9-11,13H2,1-8H3,(H,30,31)/t14-,15-,16-,17-,26-/m1/s1. The molecule has 5 atom stereocenters. The van der Waals surface area contributed by atoms with E-state index in [4.69, 9.17) is 18.9 Å². The van der Waals surface area contributed by atoms with Crippen molar-refractivity contribution in [3.63, 3.8) is 0 Å². The van der Waals surface area contributed by atoms with Crippen LogP contribution in [0, 0.1) is 11.8 Å². The lowest BCUT2D eigenvalue weighted by atomic mass is 9.92. The molecule has 1 amide bonds. The van der Waals surface area contributed by atoms with Gasteiger partial charge < -0.3 is 24.3 Å². The van der Waals surface area contributed by atoms with E-state index in [0.29, 0.717) is 12.3 Å². The summed E-state index contributed by atoms with van der Waals surface area (Å²) in [7, 11) is 1.48. The highest BCUT2D eigenvalue weighted by molar-refractivity contribution is 14.1. The Hall–Kier alpha value is -2.18. The Kier molecular flexibility index (Phi) is 8.65. The fourth-order valence-electron chi connectivity index (χ4n) is 4.31.